The molecule has 0 heterocycles. The maximum Gasteiger partial charge on any atom is 0.188 e. The van der Waals surface area contributed by atoms with Crippen LogP contribution in [-0.4, -0.2) is 34.0 Å². The first-order chi connectivity index (χ1) is 13.4. The molecule has 0 aromatic heterocycles. The maximum atomic E-state index is 6.03. The zero-order valence-corrected chi connectivity index (χ0v) is 19.1. The number of hydrogen-bond acceptors (Lipinski definition) is 4. The number of methoxy groups -OCH3 is 2. The molecule has 2 aromatic carbocycles. The van der Waals surface area contributed by atoms with Gasteiger partial charge in [-0.2, -0.15) is 0 Å². The molecule has 0 saturated heterocycles. The zero-order chi connectivity index (χ0) is 20.7. The Balaban J connectivity index is 2.67. The number of benzene rings is 2. The lowest BCUT2D eigenvalue weighted by Crippen LogP contribution is -2.22. The maximum absolute atomic E-state index is 6.03. The Kier molecular flexibility index (Phi) is 8.75. The standard InChI is InChI=1S/C23H33O4P/c1-8-9-28(20-12-16(2)10-18(4)22(20)26-14-24-6)21-13-17(3)11-19(5)23(21)27-15-25-7/h10-13H,8-9,14-15H2,1-7H3. The molecule has 0 spiro atoms. The molecule has 4 nitrogen and oxygen atoms in total. The van der Waals surface area contributed by atoms with Crippen molar-refractivity contribution in [3.05, 3.63) is 46.5 Å². The summed E-state index contributed by atoms with van der Waals surface area (Å²) in [5, 5.41) is 2.50. The fourth-order valence-electron chi connectivity index (χ4n) is 3.47. The summed E-state index contributed by atoms with van der Waals surface area (Å²) in [6.07, 6.45) is 2.15. The summed E-state index contributed by atoms with van der Waals surface area (Å²) in [5.74, 6) is 1.87. The third-order valence-corrected chi connectivity index (χ3v) is 7.19. The summed E-state index contributed by atoms with van der Waals surface area (Å²) in [5.41, 5.74) is 4.76. The lowest BCUT2D eigenvalue weighted by Gasteiger charge is -2.26. The molecule has 2 rings (SSSR count). The molecular weight excluding hydrogens is 371 g/mol. The highest BCUT2D eigenvalue weighted by molar-refractivity contribution is 7.73. The van der Waals surface area contributed by atoms with E-state index in [1.165, 1.54) is 21.7 Å². The van der Waals surface area contributed by atoms with E-state index in [-0.39, 0.29) is 13.6 Å². The lowest BCUT2D eigenvalue weighted by molar-refractivity contribution is 0.0513. The van der Waals surface area contributed by atoms with E-state index in [4.69, 9.17) is 18.9 Å². The quantitative estimate of drug-likeness (QED) is 0.424. The second kappa shape index (κ2) is 10.8. The van der Waals surface area contributed by atoms with Crippen LogP contribution in [0, 0.1) is 27.7 Å². The molecule has 28 heavy (non-hydrogen) atoms. The normalized spacial score (nSPS) is 11.1. The first kappa shape index (κ1) is 22.7. The number of ether oxygens (including phenoxy) is 4. The topological polar surface area (TPSA) is 36.9 Å². The van der Waals surface area contributed by atoms with Crippen LogP contribution in [0.3, 0.4) is 0 Å². The Labute approximate surface area is 170 Å². The van der Waals surface area contributed by atoms with Gasteiger partial charge in [0.05, 0.1) is 0 Å². The van der Waals surface area contributed by atoms with Gasteiger partial charge in [-0.3, -0.25) is 0 Å². The Hall–Kier alpha value is -1.61. The fourth-order valence-corrected chi connectivity index (χ4v) is 6.35. The summed E-state index contributed by atoms with van der Waals surface area (Å²) < 4.78 is 22.4. The van der Waals surface area contributed by atoms with Gasteiger partial charge in [-0.1, -0.05) is 25.5 Å². The molecule has 0 bridgehead atoms. The van der Waals surface area contributed by atoms with E-state index in [1.54, 1.807) is 14.2 Å². The van der Waals surface area contributed by atoms with Crippen molar-refractivity contribution in [3.8, 4) is 11.5 Å². The van der Waals surface area contributed by atoms with E-state index in [2.05, 4.69) is 58.9 Å². The minimum Gasteiger partial charge on any atom is -0.467 e. The van der Waals surface area contributed by atoms with Gasteiger partial charge in [-0.15, -0.1) is 0 Å². The minimum atomic E-state index is -0.652. The molecule has 0 aliphatic carbocycles. The van der Waals surface area contributed by atoms with Crippen LogP contribution in [0.25, 0.3) is 0 Å². The first-order valence-corrected chi connectivity index (χ1v) is 11.2. The highest BCUT2D eigenvalue weighted by Gasteiger charge is 2.24. The second-order valence-electron chi connectivity index (χ2n) is 7.11. The molecular formula is C23H33O4P. The van der Waals surface area contributed by atoms with E-state index >= 15 is 0 Å². The van der Waals surface area contributed by atoms with Crippen LogP contribution >= 0.6 is 7.92 Å². The van der Waals surface area contributed by atoms with E-state index in [0.717, 1.165) is 35.2 Å². The summed E-state index contributed by atoms with van der Waals surface area (Å²) in [6.45, 7) is 11.2. The number of rotatable bonds is 10. The summed E-state index contributed by atoms with van der Waals surface area (Å²) in [6, 6.07) is 8.85. The SMILES string of the molecule is CCCP(c1cc(C)cc(C)c1OCOC)c1cc(C)cc(C)c1OCOC. The van der Waals surface area contributed by atoms with Crippen LogP contribution in [0.5, 0.6) is 11.5 Å². The van der Waals surface area contributed by atoms with Gasteiger partial charge in [0.15, 0.2) is 13.6 Å². The van der Waals surface area contributed by atoms with Gasteiger partial charge >= 0.3 is 0 Å². The highest BCUT2D eigenvalue weighted by atomic mass is 31.1. The van der Waals surface area contributed by atoms with Crippen molar-refractivity contribution in [2.24, 2.45) is 0 Å². The third kappa shape index (κ3) is 5.47. The average molecular weight is 404 g/mol. The van der Waals surface area contributed by atoms with Crippen molar-refractivity contribution in [2.45, 2.75) is 41.0 Å². The Morgan fingerprint density at radius 2 is 1.14 bits per heavy atom. The van der Waals surface area contributed by atoms with Gasteiger partial charge < -0.3 is 18.9 Å². The molecule has 0 saturated carbocycles. The van der Waals surface area contributed by atoms with Crippen molar-refractivity contribution < 1.29 is 18.9 Å². The van der Waals surface area contributed by atoms with Crippen LogP contribution in [-0.2, 0) is 9.47 Å². The predicted octanol–water partition coefficient (Wildman–Crippen LogP) is 4.73. The van der Waals surface area contributed by atoms with Gasteiger partial charge in [0.25, 0.3) is 0 Å². The Bertz CT molecular complexity index is 725. The Morgan fingerprint density at radius 3 is 1.50 bits per heavy atom. The first-order valence-electron chi connectivity index (χ1n) is 9.66. The van der Waals surface area contributed by atoms with Crippen molar-refractivity contribution in [1.82, 2.24) is 0 Å². The molecule has 0 radical (unpaired) electrons. The van der Waals surface area contributed by atoms with E-state index in [1.807, 2.05) is 0 Å². The van der Waals surface area contributed by atoms with Crippen molar-refractivity contribution in [1.29, 1.82) is 0 Å². The summed E-state index contributed by atoms with van der Waals surface area (Å²) in [4.78, 5) is 0. The molecule has 5 heteroatoms. The largest absolute Gasteiger partial charge is 0.467 e. The fraction of sp³-hybridized carbons (Fsp3) is 0.478. The van der Waals surface area contributed by atoms with Crippen molar-refractivity contribution in [3.63, 3.8) is 0 Å². The van der Waals surface area contributed by atoms with E-state index in [9.17, 15) is 0 Å². The van der Waals surface area contributed by atoms with Crippen molar-refractivity contribution >= 4 is 18.5 Å². The van der Waals surface area contributed by atoms with Crippen LogP contribution in [0.15, 0.2) is 24.3 Å². The monoisotopic (exact) mass is 404 g/mol. The van der Waals surface area contributed by atoms with Gasteiger partial charge in [-0.05, 0) is 76.2 Å². The molecule has 0 unspecified atom stereocenters. The smallest absolute Gasteiger partial charge is 0.188 e. The predicted molar refractivity (Wildman–Crippen MR) is 118 cm³/mol. The van der Waals surface area contributed by atoms with Gasteiger partial charge in [0.1, 0.15) is 11.5 Å². The molecule has 154 valence electrons. The Morgan fingerprint density at radius 1 is 0.714 bits per heavy atom. The molecule has 0 atom stereocenters. The number of aryl methyl sites for hydroxylation is 4. The molecule has 0 amide bonds. The van der Waals surface area contributed by atoms with Crippen LogP contribution in [0.2, 0.25) is 0 Å². The zero-order valence-electron chi connectivity index (χ0n) is 18.2. The average Bonchev–Trinajstić information content (AvgIpc) is 2.64. The molecule has 0 fully saturated rings. The highest BCUT2D eigenvalue weighted by Crippen LogP contribution is 2.43. The third-order valence-electron chi connectivity index (χ3n) is 4.47. The van der Waals surface area contributed by atoms with Crippen LogP contribution in [0.1, 0.15) is 35.6 Å². The van der Waals surface area contributed by atoms with Crippen molar-refractivity contribution in [2.75, 3.05) is 34.0 Å². The second-order valence-corrected chi connectivity index (χ2v) is 9.38. The van der Waals surface area contributed by atoms with Gasteiger partial charge in [0, 0.05) is 24.8 Å². The summed E-state index contributed by atoms with van der Waals surface area (Å²) in [7, 11) is 2.65. The molecule has 0 aliphatic rings. The molecule has 0 aliphatic heterocycles. The van der Waals surface area contributed by atoms with E-state index < -0.39 is 7.92 Å². The van der Waals surface area contributed by atoms with Gasteiger partial charge in [-0.25, -0.2) is 0 Å². The molecule has 0 N–H and O–H groups in total. The van der Waals surface area contributed by atoms with Crippen LogP contribution < -0.4 is 20.1 Å². The lowest BCUT2D eigenvalue weighted by atomic mass is 10.1. The molecule has 2 aromatic rings. The number of hydrogen-bond donors (Lipinski definition) is 0. The summed E-state index contributed by atoms with van der Waals surface area (Å²) >= 11 is 0. The van der Waals surface area contributed by atoms with E-state index in [0.29, 0.717) is 0 Å². The minimum absolute atomic E-state index is 0.242. The van der Waals surface area contributed by atoms with Gasteiger partial charge in [0.2, 0.25) is 0 Å². The van der Waals surface area contributed by atoms with Crippen LogP contribution in [0.4, 0.5) is 0 Å².